The molecule has 0 aliphatic carbocycles. The zero-order valence-corrected chi connectivity index (χ0v) is 15.3. The average Bonchev–Trinajstić information content (AvgIpc) is 2.66. The van der Waals surface area contributed by atoms with Gasteiger partial charge in [0, 0.05) is 6.04 Å². The van der Waals surface area contributed by atoms with E-state index in [4.69, 9.17) is 0 Å². The molecule has 3 aromatic carbocycles. The largest absolute Gasteiger partial charge is 0.465 e. The third-order valence-corrected chi connectivity index (χ3v) is 5.73. The number of nitrogens with one attached hydrogen (secondary N) is 1. The molecule has 1 unspecified atom stereocenters. The monoisotopic (exact) mass is 369 g/mol. The standard InChI is InChI=1S/C20H19NO4S/c1-14(18-12-6-8-15-7-3-4-11-19(15)18)21-26(23,24)17-10-5-9-16(13-17)20(22)25-2/h3-14,21H,1-2H3. The van der Waals surface area contributed by atoms with Crippen molar-refractivity contribution in [2.45, 2.75) is 17.9 Å². The van der Waals surface area contributed by atoms with Crippen LogP contribution in [0.3, 0.4) is 0 Å². The summed E-state index contributed by atoms with van der Waals surface area (Å²) >= 11 is 0. The fourth-order valence-electron chi connectivity index (χ4n) is 2.90. The van der Waals surface area contributed by atoms with E-state index in [-0.39, 0.29) is 10.5 Å². The molecule has 0 spiro atoms. The Labute approximate surface area is 152 Å². The van der Waals surface area contributed by atoms with Gasteiger partial charge in [0.15, 0.2) is 0 Å². The molecule has 0 amide bonds. The lowest BCUT2D eigenvalue weighted by molar-refractivity contribution is 0.0600. The van der Waals surface area contributed by atoms with Gasteiger partial charge in [0.2, 0.25) is 10.0 Å². The van der Waals surface area contributed by atoms with Gasteiger partial charge in [-0.2, -0.15) is 0 Å². The highest BCUT2D eigenvalue weighted by molar-refractivity contribution is 7.89. The van der Waals surface area contributed by atoms with Crippen LogP contribution >= 0.6 is 0 Å². The Morgan fingerprint density at radius 2 is 1.69 bits per heavy atom. The number of ether oxygens (including phenoxy) is 1. The maximum Gasteiger partial charge on any atom is 0.337 e. The summed E-state index contributed by atoms with van der Waals surface area (Å²) in [5.41, 5.74) is 1.07. The van der Waals surface area contributed by atoms with Crippen LogP contribution in [-0.4, -0.2) is 21.5 Å². The van der Waals surface area contributed by atoms with E-state index < -0.39 is 22.0 Å². The van der Waals surface area contributed by atoms with E-state index in [9.17, 15) is 13.2 Å². The first-order valence-electron chi connectivity index (χ1n) is 8.11. The van der Waals surface area contributed by atoms with Gasteiger partial charge in [-0.1, -0.05) is 48.5 Å². The number of hydrogen-bond donors (Lipinski definition) is 1. The lowest BCUT2D eigenvalue weighted by atomic mass is 10.0. The molecule has 5 nitrogen and oxygen atoms in total. The average molecular weight is 369 g/mol. The first kappa shape index (κ1) is 18.1. The number of benzene rings is 3. The van der Waals surface area contributed by atoms with Crippen LogP contribution in [0.5, 0.6) is 0 Å². The summed E-state index contributed by atoms with van der Waals surface area (Å²) in [6.45, 7) is 1.80. The first-order valence-corrected chi connectivity index (χ1v) is 9.59. The van der Waals surface area contributed by atoms with Crippen LogP contribution in [0.1, 0.15) is 28.9 Å². The minimum Gasteiger partial charge on any atom is -0.465 e. The van der Waals surface area contributed by atoms with Crippen molar-refractivity contribution in [3.05, 3.63) is 77.9 Å². The van der Waals surface area contributed by atoms with Crippen molar-refractivity contribution >= 4 is 26.8 Å². The van der Waals surface area contributed by atoms with Crippen molar-refractivity contribution < 1.29 is 17.9 Å². The molecule has 0 fully saturated rings. The normalized spacial score (nSPS) is 12.7. The van der Waals surface area contributed by atoms with Crippen LogP contribution in [-0.2, 0) is 14.8 Å². The number of carbonyl (C=O) groups is 1. The summed E-state index contributed by atoms with van der Waals surface area (Å²) in [5.74, 6) is -0.579. The van der Waals surface area contributed by atoms with Crippen molar-refractivity contribution in [3.8, 4) is 0 Å². The molecule has 1 atom stereocenters. The molecule has 26 heavy (non-hydrogen) atoms. The zero-order valence-electron chi connectivity index (χ0n) is 14.5. The van der Waals surface area contributed by atoms with E-state index in [0.29, 0.717) is 0 Å². The molecule has 134 valence electrons. The van der Waals surface area contributed by atoms with Gasteiger partial charge in [0.1, 0.15) is 0 Å². The lowest BCUT2D eigenvalue weighted by Crippen LogP contribution is -2.27. The van der Waals surface area contributed by atoms with E-state index >= 15 is 0 Å². The minimum atomic E-state index is -3.80. The second kappa shape index (κ2) is 7.27. The second-order valence-corrected chi connectivity index (χ2v) is 7.64. The minimum absolute atomic E-state index is 0.0208. The van der Waals surface area contributed by atoms with Crippen LogP contribution in [0.2, 0.25) is 0 Å². The third-order valence-electron chi connectivity index (χ3n) is 4.19. The molecule has 0 saturated heterocycles. The van der Waals surface area contributed by atoms with E-state index in [1.54, 1.807) is 6.92 Å². The van der Waals surface area contributed by atoms with E-state index in [1.807, 2.05) is 42.5 Å². The maximum absolute atomic E-state index is 12.8. The van der Waals surface area contributed by atoms with Crippen molar-refractivity contribution in [1.82, 2.24) is 4.72 Å². The maximum atomic E-state index is 12.8. The summed E-state index contributed by atoms with van der Waals surface area (Å²) in [6, 6.07) is 19.0. The molecule has 0 aliphatic heterocycles. The van der Waals surface area contributed by atoms with E-state index in [0.717, 1.165) is 16.3 Å². The fraction of sp³-hybridized carbons (Fsp3) is 0.150. The lowest BCUT2D eigenvalue weighted by Gasteiger charge is -2.17. The second-order valence-electron chi connectivity index (χ2n) is 5.93. The predicted molar refractivity (Wildman–Crippen MR) is 100 cm³/mol. The van der Waals surface area contributed by atoms with Crippen molar-refractivity contribution in [1.29, 1.82) is 0 Å². The van der Waals surface area contributed by atoms with Crippen LogP contribution in [0.25, 0.3) is 10.8 Å². The van der Waals surface area contributed by atoms with Crippen LogP contribution in [0.15, 0.2) is 71.6 Å². The van der Waals surface area contributed by atoms with Gasteiger partial charge < -0.3 is 4.74 Å². The highest BCUT2D eigenvalue weighted by Gasteiger charge is 2.21. The molecule has 1 N–H and O–H groups in total. The molecule has 0 bridgehead atoms. The summed E-state index contributed by atoms with van der Waals surface area (Å²) in [7, 11) is -2.54. The Hall–Kier alpha value is -2.70. The van der Waals surface area contributed by atoms with Crippen molar-refractivity contribution in [2.75, 3.05) is 7.11 Å². The number of fused-ring (bicyclic) bond motifs is 1. The fourth-order valence-corrected chi connectivity index (χ4v) is 4.17. The Morgan fingerprint density at radius 1 is 1.00 bits per heavy atom. The number of methoxy groups -OCH3 is 1. The smallest absolute Gasteiger partial charge is 0.337 e. The summed E-state index contributed by atoms with van der Waals surface area (Å²) in [4.78, 5) is 11.7. The molecule has 0 aromatic heterocycles. The molecule has 0 radical (unpaired) electrons. The molecule has 0 aliphatic rings. The number of sulfonamides is 1. The molecule has 3 rings (SSSR count). The van der Waals surface area contributed by atoms with Gasteiger partial charge in [-0.05, 0) is 41.5 Å². The van der Waals surface area contributed by atoms with Gasteiger partial charge in [-0.25, -0.2) is 17.9 Å². The molecular formula is C20H19NO4S. The predicted octanol–water partition coefficient (Wildman–Crippen LogP) is 3.67. The molecule has 0 saturated carbocycles. The van der Waals surface area contributed by atoms with Crippen LogP contribution < -0.4 is 4.72 Å². The quantitative estimate of drug-likeness (QED) is 0.697. The number of hydrogen-bond acceptors (Lipinski definition) is 4. The summed E-state index contributed by atoms with van der Waals surface area (Å²) in [6.07, 6.45) is 0. The van der Waals surface area contributed by atoms with Crippen LogP contribution in [0.4, 0.5) is 0 Å². The molecule has 3 aromatic rings. The number of rotatable bonds is 5. The zero-order chi connectivity index (χ0) is 18.7. The number of carbonyl (C=O) groups excluding carboxylic acids is 1. The van der Waals surface area contributed by atoms with Gasteiger partial charge in [-0.3, -0.25) is 0 Å². The summed E-state index contributed by atoms with van der Waals surface area (Å²) in [5, 5.41) is 2.04. The van der Waals surface area contributed by atoms with Gasteiger partial charge in [0.25, 0.3) is 0 Å². The Kier molecular flexibility index (Phi) is 5.06. The molecule has 0 heterocycles. The Balaban J connectivity index is 1.93. The van der Waals surface area contributed by atoms with E-state index in [2.05, 4.69) is 9.46 Å². The van der Waals surface area contributed by atoms with Gasteiger partial charge in [-0.15, -0.1) is 0 Å². The van der Waals surface area contributed by atoms with Gasteiger partial charge >= 0.3 is 5.97 Å². The van der Waals surface area contributed by atoms with Gasteiger partial charge in [0.05, 0.1) is 17.6 Å². The Morgan fingerprint density at radius 3 is 2.46 bits per heavy atom. The van der Waals surface area contributed by atoms with Crippen molar-refractivity contribution in [3.63, 3.8) is 0 Å². The Bertz CT molecular complexity index is 1050. The SMILES string of the molecule is COC(=O)c1cccc(S(=O)(=O)NC(C)c2cccc3ccccc23)c1. The summed E-state index contributed by atoms with van der Waals surface area (Å²) < 4.78 is 32.8. The van der Waals surface area contributed by atoms with E-state index in [1.165, 1.54) is 31.4 Å². The highest BCUT2D eigenvalue weighted by atomic mass is 32.2. The highest BCUT2D eigenvalue weighted by Crippen LogP contribution is 2.25. The third kappa shape index (κ3) is 3.61. The number of esters is 1. The first-order chi connectivity index (χ1) is 12.4. The molecular weight excluding hydrogens is 350 g/mol. The van der Waals surface area contributed by atoms with Crippen LogP contribution in [0, 0.1) is 0 Å². The topological polar surface area (TPSA) is 72.5 Å². The molecule has 6 heteroatoms. The van der Waals surface area contributed by atoms with Crippen molar-refractivity contribution in [2.24, 2.45) is 0 Å².